The molecular weight excluding hydrogens is 611 g/mol. The fourth-order valence-corrected chi connectivity index (χ4v) is 6.31. The summed E-state index contributed by atoms with van der Waals surface area (Å²) in [7, 11) is 3.98. The standard InChI is InChI=1S/C35H40Cl2N4O4/c1-22-17-41(23(2)21-42)35(44)16-25-14-27(38-34(43)15-26-19-40(4)31-8-6-5-7-28(26)31)10-12-32(25)45-33(22)20-39(3)18-24-9-11-29(36)30(37)13-24/h5-14,19,22-23,33,42H,15-18,20-21H2,1-4H3,(H,38,43)/t22-,23+,33+/m0/s1. The van der Waals surface area contributed by atoms with Gasteiger partial charge in [0.2, 0.25) is 11.8 Å². The summed E-state index contributed by atoms with van der Waals surface area (Å²) in [6.45, 7) is 5.43. The van der Waals surface area contributed by atoms with Gasteiger partial charge in [0.25, 0.3) is 0 Å². The molecule has 0 aliphatic carbocycles. The van der Waals surface area contributed by atoms with Crippen molar-refractivity contribution >= 4 is 51.6 Å². The Hall–Kier alpha value is -3.56. The first kappa shape index (κ1) is 32.8. The molecule has 2 amide bonds. The molecule has 3 atom stereocenters. The maximum Gasteiger partial charge on any atom is 0.228 e. The lowest BCUT2D eigenvalue weighted by molar-refractivity contribution is -0.134. The first-order valence-electron chi connectivity index (χ1n) is 15.2. The van der Waals surface area contributed by atoms with Gasteiger partial charge in [-0.15, -0.1) is 0 Å². The Balaban J connectivity index is 1.37. The molecule has 2 N–H and O–H groups in total. The summed E-state index contributed by atoms with van der Waals surface area (Å²) < 4.78 is 8.67. The Labute approximate surface area is 274 Å². The topological polar surface area (TPSA) is 87.0 Å². The number of benzene rings is 3. The molecule has 0 unspecified atom stereocenters. The number of amides is 2. The lowest BCUT2D eigenvalue weighted by Gasteiger charge is -2.34. The number of rotatable bonds is 9. The fraction of sp³-hybridized carbons (Fsp3) is 0.371. The van der Waals surface area contributed by atoms with Crippen LogP contribution in [0.2, 0.25) is 10.0 Å². The summed E-state index contributed by atoms with van der Waals surface area (Å²) in [5.74, 6) is 0.323. The van der Waals surface area contributed by atoms with Crippen molar-refractivity contribution in [1.29, 1.82) is 0 Å². The van der Waals surface area contributed by atoms with Crippen LogP contribution in [0.25, 0.3) is 10.9 Å². The highest BCUT2D eigenvalue weighted by Gasteiger charge is 2.31. The lowest BCUT2D eigenvalue weighted by Crippen LogP contribution is -2.47. The van der Waals surface area contributed by atoms with Gasteiger partial charge in [-0.25, -0.2) is 0 Å². The van der Waals surface area contributed by atoms with Crippen LogP contribution < -0.4 is 10.1 Å². The second-order valence-corrected chi connectivity index (χ2v) is 13.0. The smallest absolute Gasteiger partial charge is 0.228 e. The number of fused-ring (bicyclic) bond motifs is 2. The summed E-state index contributed by atoms with van der Waals surface area (Å²) in [5.41, 5.74) is 4.32. The van der Waals surface area contributed by atoms with Gasteiger partial charge in [0.05, 0.1) is 35.5 Å². The quantitative estimate of drug-likeness (QED) is 0.234. The Bertz CT molecular complexity index is 1690. The van der Waals surface area contributed by atoms with Gasteiger partial charge in [0.1, 0.15) is 11.9 Å². The molecule has 1 aliphatic rings. The van der Waals surface area contributed by atoms with Crippen LogP contribution in [0, 0.1) is 5.92 Å². The van der Waals surface area contributed by atoms with E-state index in [1.165, 1.54) is 0 Å². The van der Waals surface area contributed by atoms with Crippen molar-refractivity contribution in [3.05, 3.63) is 93.6 Å². The second kappa shape index (κ2) is 14.3. The number of para-hydroxylation sites is 1. The first-order valence-corrected chi connectivity index (χ1v) is 15.9. The summed E-state index contributed by atoms with van der Waals surface area (Å²) in [6.07, 6.45) is 2.03. The third kappa shape index (κ3) is 7.82. The molecule has 5 rings (SSSR count). The van der Waals surface area contributed by atoms with Crippen LogP contribution in [0.3, 0.4) is 0 Å². The molecule has 0 spiro atoms. The van der Waals surface area contributed by atoms with Crippen molar-refractivity contribution in [2.75, 3.05) is 32.1 Å². The fourth-order valence-electron chi connectivity index (χ4n) is 5.99. The maximum absolute atomic E-state index is 13.6. The molecule has 45 heavy (non-hydrogen) atoms. The molecule has 10 heteroatoms. The third-order valence-corrected chi connectivity index (χ3v) is 9.20. The maximum atomic E-state index is 13.6. The van der Waals surface area contributed by atoms with Crippen LogP contribution in [0.1, 0.15) is 30.5 Å². The van der Waals surface area contributed by atoms with Gasteiger partial charge in [0.15, 0.2) is 0 Å². The number of aliphatic hydroxyl groups excluding tert-OH is 1. The van der Waals surface area contributed by atoms with Gasteiger partial charge in [-0.05, 0) is 61.5 Å². The molecule has 2 heterocycles. The summed E-state index contributed by atoms with van der Waals surface area (Å²) >= 11 is 12.4. The van der Waals surface area contributed by atoms with E-state index in [2.05, 4.69) is 17.1 Å². The number of halogens is 2. The normalized spacial score (nSPS) is 17.8. The zero-order chi connectivity index (χ0) is 32.2. The minimum atomic E-state index is -0.348. The highest BCUT2D eigenvalue weighted by Crippen LogP contribution is 2.30. The SMILES string of the molecule is C[C@H](CO)N1C[C@H](C)[C@@H](CN(C)Cc2ccc(Cl)c(Cl)c2)Oc2ccc(NC(=O)Cc3cn(C)c4ccccc34)cc2CC1=O. The van der Waals surface area contributed by atoms with Gasteiger partial charge in [0, 0.05) is 61.0 Å². The average molecular weight is 652 g/mol. The van der Waals surface area contributed by atoms with E-state index in [4.69, 9.17) is 27.9 Å². The second-order valence-electron chi connectivity index (χ2n) is 12.2. The minimum Gasteiger partial charge on any atom is -0.488 e. The van der Waals surface area contributed by atoms with Gasteiger partial charge in [-0.1, -0.05) is 54.4 Å². The molecule has 0 radical (unpaired) electrons. The van der Waals surface area contributed by atoms with Crippen LogP contribution in [-0.2, 0) is 36.0 Å². The van der Waals surface area contributed by atoms with Crippen molar-refractivity contribution in [2.24, 2.45) is 13.0 Å². The molecule has 0 fully saturated rings. The molecule has 3 aromatic carbocycles. The number of ether oxygens (including phenoxy) is 1. The molecule has 1 aromatic heterocycles. The number of nitrogens with zero attached hydrogens (tertiary/aromatic N) is 3. The van der Waals surface area contributed by atoms with Crippen molar-refractivity contribution in [3.8, 4) is 5.75 Å². The molecule has 0 bridgehead atoms. The number of aryl methyl sites for hydroxylation is 1. The number of likely N-dealkylation sites (N-methyl/N-ethyl adjacent to an activating group) is 1. The van der Waals surface area contributed by atoms with E-state index >= 15 is 0 Å². The Morgan fingerprint density at radius 2 is 1.91 bits per heavy atom. The summed E-state index contributed by atoms with van der Waals surface area (Å²) in [5, 5.41) is 15.1. The Morgan fingerprint density at radius 3 is 2.67 bits per heavy atom. The van der Waals surface area contributed by atoms with Gasteiger partial charge in [-0.2, -0.15) is 0 Å². The Kier molecular flexibility index (Phi) is 10.4. The summed E-state index contributed by atoms with van der Waals surface area (Å²) in [4.78, 5) is 30.6. The van der Waals surface area contributed by atoms with Crippen LogP contribution in [-0.4, -0.2) is 70.2 Å². The highest BCUT2D eigenvalue weighted by molar-refractivity contribution is 6.42. The van der Waals surface area contributed by atoms with E-state index in [1.807, 2.05) is 86.4 Å². The molecule has 0 saturated carbocycles. The molecule has 8 nitrogen and oxygen atoms in total. The number of carbonyl (C=O) groups excluding carboxylic acids is 2. The predicted molar refractivity (Wildman–Crippen MR) is 180 cm³/mol. The van der Waals surface area contributed by atoms with E-state index in [0.29, 0.717) is 46.7 Å². The monoisotopic (exact) mass is 650 g/mol. The Morgan fingerprint density at radius 1 is 1.13 bits per heavy atom. The number of hydrogen-bond acceptors (Lipinski definition) is 5. The number of nitrogens with one attached hydrogen (secondary N) is 1. The zero-order valence-corrected chi connectivity index (χ0v) is 27.6. The van der Waals surface area contributed by atoms with Crippen LogP contribution in [0.15, 0.2) is 66.9 Å². The zero-order valence-electron chi connectivity index (χ0n) is 26.1. The van der Waals surface area contributed by atoms with E-state index < -0.39 is 0 Å². The van der Waals surface area contributed by atoms with Crippen LogP contribution in [0.5, 0.6) is 5.75 Å². The highest BCUT2D eigenvalue weighted by atomic mass is 35.5. The summed E-state index contributed by atoms with van der Waals surface area (Å²) in [6, 6.07) is 18.7. The molecule has 4 aromatic rings. The molecule has 1 aliphatic heterocycles. The average Bonchev–Trinajstić information content (AvgIpc) is 3.33. The number of anilines is 1. The van der Waals surface area contributed by atoms with Gasteiger partial charge in [-0.3, -0.25) is 14.5 Å². The van der Waals surface area contributed by atoms with E-state index in [9.17, 15) is 14.7 Å². The van der Waals surface area contributed by atoms with Gasteiger partial charge < -0.3 is 24.6 Å². The lowest BCUT2D eigenvalue weighted by atomic mass is 10.0. The number of hydrogen-bond donors (Lipinski definition) is 2. The van der Waals surface area contributed by atoms with E-state index in [-0.39, 0.29) is 49.3 Å². The van der Waals surface area contributed by atoms with E-state index in [1.54, 1.807) is 11.0 Å². The van der Waals surface area contributed by atoms with Crippen LogP contribution in [0.4, 0.5) is 5.69 Å². The largest absolute Gasteiger partial charge is 0.488 e. The first-order chi connectivity index (χ1) is 21.5. The predicted octanol–water partition coefficient (Wildman–Crippen LogP) is 5.95. The van der Waals surface area contributed by atoms with Crippen molar-refractivity contribution in [2.45, 2.75) is 45.4 Å². The van der Waals surface area contributed by atoms with E-state index in [0.717, 1.165) is 22.0 Å². The number of aromatic nitrogens is 1. The number of carbonyl (C=O) groups is 2. The van der Waals surface area contributed by atoms with Crippen molar-refractivity contribution in [1.82, 2.24) is 14.4 Å². The third-order valence-electron chi connectivity index (χ3n) is 8.46. The van der Waals surface area contributed by atoms with Crippen molar-refractivity contribution < 1.29 is 19.4 Å². The minimum absolute atomic E-state index is 0.0368. The molecule has 0 saturated heterocycles. The van der Waals surface area contributed by atoms with Crippen LogP contribution >= 0.6 is 23.2 Å². The van der Waals surface area contributed by atoms with Crippen molar-refractivity contribution in [3.63, 3.8) is 0 Å². The molecule has 238 valence electrons. The van der Waals surface area contributed by atoms with Gasteiger partial charge >= 0.3 is 0 Å². The molecular formula is C35H40Cl2N4O4. The number of aliphatic hydroxyl groups is 1.